The molecule has 1 aromatic rings. The SMILES string of the molecule is CCC(CC)N(CCOC)c1ccncc1Br. The normalized spacial score (nSPS) is 10.9. The predicted octanol–water partition coefficient (Wildman–Crippen LogP) is 3.49. The summed E-state index contributed by atoms with van der Waals surface area (Å²) in [5.41, 5.74) is 1.20. The van der Waals surface area contributed by atoms with Gasteiger partial charge in [0.25, 0.3) is 0 Å². The van der Waals surface area contributed by atoms with Gasteiger partial charge in [-0.15, -0.1) is 0 Å². The van der Waals surface area contributed by atoms with Crippen molar-refractivity contribution in [2.75, 3.05) is 25.2 Å². The Morgan fingerprint density at radius 3 is 2.65 bits per heavy atom. The van der Waals surface area contributed by atoms with Crippen molar-refractivity contribution < 1.29 is 4.74 Å². The third kappa shape index (κ3) is 3.96. The summed E-state index contributed by atoms with van der Waals surface area (Å²) in [5, 5.41) is 0. The fourth-order valence-corrected chi connectivity index (χ4v) is 2.50. The lowest BCUT2D eigenvalue weighted by molar-refractivity contribution is 0.202. The standard InChI is InChI=1S/C13H21BrN2O/c1-4-11(5-2)16(8-9-17-3)13-6-7-15-10-12(13)14/h6-7,10-11H,4-5,8-9H2,1-3H3. The molecule has 0 aliphatic rings. The Morgan fingerprint density at radius 1 is 1.41 bits per heavy atom. The summed E-state index contributed by atoms with van der Waals surface area (Å²) >= 11 is 3.57. The Labute approximate surface area is 112 Å². The van der Waals surface area contributed by atoms with Gasteiger partial charge in [0.15, 0.2) is 0 Å². The highest BCUT2D eigenvalue weighted by molar-refractivity contribution is 9.10. The van der Waals surface area contributed by atoms with Crippen LogP contribution in [0.3, 0.4) is 0 Å². The lowest BCUT2D eigenvalue weighted by Crippen LogP contribution is -2.37. The van der Waals surface area contributed by atoms with E-state index in [1.54, 1.807) is 7.11 Å². The van der Waals surface area contributed by atoms with E-state index in [0.29, 0.717) is 6.04 Å². The number of aromatic nitrogens is 1. The largest absolute Gasteiger partial charge is 0.383 e. The molecule has 0 fully saturated rings. The first-order valence-corrected chi connectivity index (χ1v) is 6.88. The zero-order chi connectivity index (χ0) is 12.7. The van der Waals surface area contributed by atoms with Gasteiger partial charge in [-0.1, -0.05) is 13.8 Å². The van der Waals surface area contributed by atoms with Gasteiger partial charge in [0.2, 0.25) is 0 Å². The Balaban J connectivity index is 2.92. The van der Waals surface area contributed by atoms with Crippen LogP contribution >= 0.6 is 15.9 Å². The van der Waals surface area contributed by atoms with Crippen LogP contribution in [-0.4, -0.2) is 31.3 Å². The minimum Gasteiger partial charge on any atom is -0.383 e. The van der Waals surface area contributed by atoms with E-state index < -0.39 is 0 Å². The van der Waals surface area contributed by atoms with Gasteiger partial charge >= 0.3 is 0 Å². The number of anilines is 1. The Bertz CT molecular complexity index is 329. The predicted molar refractivity (Wildman–Crippen MR) is 75.5 cm³/mol. The number of rotatable bonds is 7. The van der Waals surface area contributed by atoms with Gasteiger partial charge in [-0.25, -0.2) is 0 Å². The maximum atomic E-state index is 5.20. The van der Waals surface area contributed by atoms with Crippen LogP contribution in [0.15, 0.2) is 22.9 Å². The van der Waals surface area contributed by atoms with E-state index in [4.69, 9.17) is 4.74 Å². The molecule has 0 unspecified atom stereocenters. The second-order valence-corrected chi connectivity index (χ2v) is 4.84. The highest BCUT2D eigenvalue weighted by Crippen LogP contribution is 2.27. The molecule has 3 nitrogen and oxygen atoms in total. The Morgan fingerprint density at radius 2 is 2.12 bits per heavy atom. The average Bonchev–Trinajstić information content (AvgIpc) is 2.36. The third-order valence-electron chi connectivity index (χ3n) is 2.98. The fraction of sp³-hybridized carbons (Fsp3) is 0.615. The third-order valence-corrected chi connectivity index (χ3v) is 3.59. The molecular weight excluding hydrogens is 280 g/mol. The van der Waals surface area contributed by atoms with Crippen LogP contribution in [0, 0.1) is 0 Å². The Hall–Kier alpha value is -0.610. The first kappa shape index (κ1) is 14.5. The molecule has 0 bridgehead atoms. The second kappa shape index (κ2) is 7.67. The van der Waals surface area contributed by atoms with Gasteiger partial charge in [-0.2, -0.15) is 0 Å². The summed E-state index contributed by atoms with van der Waals surface area (Å²) in [5.74, 6) is 0. The van der Waals surface area contributed by atoms with Crippen LogP contribution < -0.4 is 4.90 Å². The molecule has 0 aromatic carbocycles. The number of methoxy groups -OCH3 is 1. The molecule has 1 heterocycles. The molecule has 0 saturated carbocycles. The molecule has 17 heavy (non-hydrogen) atoms. The zero-order valence-corrected chi connectivity index (χ0v) is 12.4. The van der Waals surface area contributed by atoms with Gasteiger partial charge in [-0.3, -0.25) is 4.98 Å². The minimum absolute atomic E-state index is 0.545. The monoisotopic (exact) mass is 300 g/mol. The highest BCUT2D eigenvalue weighted by Gasteiger charge is 2.17. The lowest BCUT2D eigenvalue weighted by Gasteiger charge is -2.33. The number of ether oxygens (including phenoxy) is 1. The molecular formula is C13H21BrN2O. The molecule has 96 valence electrons. The molecule has 1 rings (SSSR count). The number of hydrogen-bond donors (Lipinski definition) is 0. The van der Waals surface area contributed by atoms with E-state index in [9.17, 15) is 0 Å². The quantitative estimate of drug-likeness (QED) is 0.771. The topological polar surface area (TPSA) is 25.4 Å². The van der Waals surface area contributed by atoms with Crippen LogP contribution in [-0.2, 0) is 4.74 Å². The highest BCUT2D eigenvalue weighted by atomic mass is 79.9. The molecule has 0 atom stereocenters. The van der Waals surface area contributed by atoms with Crippen molar-refractivity contribution in [3.8, 4) is 0 Å². The van der Waals surface area contributed by atoms with E-state index in [2.05, 4.69) is 45.7 Å². The number of pyridine rings is 1. The van der Waals surface area contributed by atoms with E-state index in [1.807, 2.05) is 12.4 Å². The first-order chi connectivity index (χ1) is 8.24. The molecule has 0 saturated heterocycles. The smallest absolute Gasteiger partial charge is 0.0637 e. The van der Waals surface area contributed by atoms with Crippen LogP contribution in [0.4, 0.5) is 5.69 Å². The van der Waals surface area contributed by atoms with E-state index in [0.717, 1.165) is 30.5 Å². The van der Waals surface area contributed by atoms with Crippen molar-refractivity contribution in [3.05, 3.63) is 22.9 Å². The molecule has 0 aliphatic carbocycles. The zero-order valence-electron chi connectivity index (χ0n) is 10.8. The number of nitrogens with zero attached hydrogens (tertiary/aromatic N) is 2. The summed E-state index contributed by atoms with van der Waals surface area (Å²) in [6.07, 6.45) is 5.95. The van der Waals surface area contributed by atoms with Gasteiger partial charge in [0.05, 0.1) is 16.8 Å². The van der Waals surface area contributed by atoms with Gasteiger partial charge in [-0.05, 0) is 34.8 Å². The van der Waals surface area contributed by atoms with Crippen molar-refractivity contribution in [3.63, 3.8) is 0 Å². The van der Waals surface area contributed by atoms with Gasteiger partial charge in [0, 0.05) is 32.1 Å². The van der Waals surface area contributed by atoms with Crippen LogP contribution in [0.25, 0.3) is 0 Å². The fourth-order valence-electron chi connectivity index (χ4n) is 2.02. The number of hydrogen-bond acceptors (Lipinski definition) is 3. The summed E-state index contributed by atoms with van der Waals surface area (Å²) < 4.78 is 6.24. The van der Waals surface area contributed by atoms with Crippen molar-refractivity contribution in [2.45, 2.75) is 32.7 Å². The maximum absolute atomic E-state index is 5.20. The van der Waals surface area contributed by atoms with Crippen molar-refractivity contribution in [1.82, 2.24) is 4.98 Å². The average molecular weight is 301 g/mol. The minimum atomic E-state index is 0.545. The van der Waals surface area contributed by atoms with Gasteiger partial charge < -0.3 is 9.64 Å². The summed E-state index contributed by atoms with van der Waals surface area (Å²) in [6.45, 7) is 6.10. The molecule has 0 aliphatic heterocycles. The first-order valence-electron chi connectivity index (χ1n) is 6.09. The Kier molecular flexibility index (Phi) is 6.52. The van der Waals surface area contributed by atoms with Gasteiger partial charge in [0.1, 0.15) is 0 Å². The molecule has 1 aromatic heterocycles. The molecule has 4 heteroatoms. The van der Waals surface area contributed by atoms with E-state index >= 15 is 0 Å². The molecule has 0 spiro atoms. The molecule has 0 radical (unpaired) electrons. The summed E-state index contributed by atoms with van der Waals surface area (Å²) in [7, 11) is 1.74. The van der Waals surface area contributed by atoms with Crippen molar-refractivity contribution in [2.24, 2.45) is 0 Å². The van der Waals surface area contributed by atoms with Crippen LogP contribution in [0.2, 0.25) is 0 Å². The van der Waals surface area contributed by atoms with E-state index in [1.165, 1.54) is 5.69 Å². The molecule has 0 N–H and O–H groups in total. The molecule has 0 amide bonds. The number of halogens is 1. The summed E-state index contributed by atoms with van der Waals surface area (Å²) in [4.78, 5) is 6.51. The summed E-state index contributed by atoms with van der Waals surface area (Å²) in [6, 6.07) is 2.60. The van der Waals surface area contributed by atoms with Crippen LogP contribution in [0.5, 0.6) is 0 Å². The maximum Gasteiger partial charge on any atom is 0.0637 e. The van der Waals surface area contributed by atoms with E-state index in [-0.39, 0.29) is 0 Å². The lowest BCUT2D eigenvalue weighted by atomic mass is 10.1. The second-order valence-electron chi connectivity index (χ2n) is 3.98. The van der Waals surface area contributed by atoms with Crippen LogP contribution in [0.1, 0.15) is 26.7 Å². The van der Waals surface area contributed by atoms with Crippen molar-refractivity contribution >= 4 is 21.6 Å². The van der Waals surface area contributed by atoms with Crippen molar-refractivity contribution in [1.29, 1.82) is 0 Å².